The van der Waals surface area contributed by atoms with Gasteiger partial charge in [0.25, 0.3) is 5.91 Å². The second-order valence-corrected chi connectivity index (χ2v) is 7.69. The Morgan fingerprint density at radius 3 is 2.34 bits per heavy atom. The van der Waals surface area contributed by atoms with Crippen LogP contribution in [0, 0.1) is 23.4 Å². The number of aromatic nitrogens is 1. The second-order valence-electron chi connectivity index (χ2n) is 7.69. The van der Waals surface area contributed by atoms with Gasteiger partial charge in [-0.25, -0.2) is 22.8 Å². The summed E-state index contributed by atoms with van der Waals surface area (Å²) in [5.41, 5.74) is -0.264. The van der Waals surface area contributed by atoms with Crippen molar-refractivity contribution < 1.29 is 36.8 Å². The number of ether oxygens (including phenoxy) is 1. The number of hydrogen-bond donors (Lipinski definition) is 3. The summed E-state index contributed by atoms with van der Waals surface area (Å²) in [4.78, 5) is 36.3. The fourth-order valence-electron chi connectivity index (χ4n) is 3.02. The zero-order valence-electron chi connectivity index (χ0n) is 18.8. The molecule has 12 heteroatoms. The molecular formula is C23H21F3N4O5. The number of anilines is 2. The van der Waals surface area contributed by atoms with Crippen molar-refractivity contribution >= 4 is 29.3 Å². The van der Waals surface area contributed by atoms with Crippen LogP contribution in [0.15, 0.2) is 47.0 Å². The molecule has 1 atom stereocenters. The lowest BCUT2D eigenvalue weighted by molar-refractivity contribution is -0.144. The first-order valence-electron chi connectivity index (χ1n) is 10.3. The van der Waals surface area contributed by atoms with Gasteiger partial charge in [0.15, 0.2) is 0 Å². The Balaban J connectivity index is 1.69. The van der Waals surface area contributed by atoms with Gasteiger partial charge in [-0.1, -0.05) is 19.0 Å². The molecule has 3 N–H and O–H groups in total. The monoisotopic (exact) mass is 490 g/mol. The highest BCUT2D eigenvalue weighted by Gasteiger charge is 2.27. The molecule has 1 heterocycles. The van der Waals surface area contributed by atoms with Gasteiger partial charge in [0.05, 0.1) is 12.8 Å². The van der Waals surface area contributed by atoms with Gasteiger partial charge in [-0.05, 0) is 36.2 Å². The van der Waals surface area contributed by atoms with Crippen LogP contribution in [0.25, 0.3) is 11.3 Å². The fourth-order valence-corrected chi connectivity index (χ4v) is 3.02. The average Bonchev–Trinajstić information content (AvgIpc) is 3.28. The Kier molecular flexibility index (Phi) is 7.74. The van der Waals surface area contributed by atoms with Crippen LogP contribution in [0.3, 0.4) is 0 Å². The summed E-state index contributed by atoms with van der Waals surface area (Å²) >= 11 is 0. The summed E-state index contributed by atoms with van der Waals surface area (Å²) in [6.45, 7) is 3.43. The van der Waals surface area contributed by atoms with E-state index >= 15 is 0 Å². The summed E-state index contributed by atoms with van der Waals surface area (Å²) in [5, 5.41) is 10.7. The molecule has 3 aromatic rings. The van der Waals surface area contributed by atoms with Gasteiger partial charge in [-0.15, -0.1) is 0 Å². The number of methoxy groups -OCH3 is 1. The highest BCUT2D eigenvalue weighted by molar-refractivity contribution is 6.00. The molecule has 0 fully saturated rings. The van der Waals surface area contributed by atoms with E-state index in [1.165, 1.54) is 25.3 Å². The largest absolute Gasteiger partial charge is 0.467 e. The topological polar surface area (TPSA) is 123 Å². The van der Waals surface area contributed by atoms with E-state index in [2.05, 4.69) is 25.8 Å². The highest BCUT2D eigenvalue weighted by atomic mass is 19.1. The third-order valence-corrected chi connectivity index (χ3v) is 4.82. The van der Waals surface area contributed by atoms with Crippen molar-refractivity contribution in [3.8, 4) is 11.3 Å². The van der Waals surface area contributed by atoms with E-state index in [-0.39, 0.29) is 34.3 Å². The second kappa shape index (κ2) is 10.7. The van der Waals surface area contributed by atoms with Crippen molar-refractivity contribution in [1.29, 1.82) is 0 Å². The summed E-state index contributed by atoms with van der Waals surface area (Å²) < 4.78 is 51.0. The van der Waals surface area contributed by atoms with E-state index < -0.39 is 41.4 Å². The molecule has 0 aliphatic carbocycles. The number of rotatable bonds is 7. The summed E-state index contributed by atoms with van der Waals surface area (Å²) in [7, 11) is 1.20. The molecule has 0 aliphatic rings. The van der Waals surface area contributed by atoms with E-state index in [9.17, 15) is 27.6 Å². The van der Waals surface area contributed by atoms with Crippen LogP contribution < -0.4 is 16.0 Å². The SMILES string of the molecule is COC(=O)C(NC(=O)c1cc(-c2ccc(NC(=O)Nc3ccc(F)cc3F)cc2F)no1)C(C)C. The Morgan fingerprint density at radius 1 is 0.971 bits per heavy atom. The van der Waals surface area contributed by atoms with Gasteiger partial charge < -0.3 is 25.2 Å². The van der Waals surface area contributed by atoms with Gasteiger partial charge in [-0.2, -0.15) is 0 Å². The molecule has 35 heavy (non-hydrogen) atoms. The smallest absolute Gasteiger partial charge is 0.328 e. The molecule has 2 aromatic carbocycles. The van der Waals surface area contributed by atoms with Crippen LogP contribution in [0.4, 0.5) is 29.3 Å². The fraction of sp³-hybridized carbons (Fsp3) is 0.217. The zero-order chi connectivity index (χ0) is 25.7. The normalized spacial score (nSPS) is 11.6. The lowest BCUT2D eigenvalue weighted by Gasteiger charge is -2.18. The number of urea groups is 1. The first-order valence-corrected chi connectivity index (χ1v) is 10.3. The van der Waals surface area contributed by atoms with Crippen molar-refractivity contribution in [2.24, 2.45) is 5.92 Å². The van der Waals surface area contributed by atoms with Crippen molar-refractivity contribution in [1.82, 2.24) is 10.5 Å². The maximum atomic E-state index is 14.7. The van der Waals surface area contributed by atoms with Crippen molar-refractivity contribution in [3.05, 3.63) is 65.7 Å². The number of esters is 1. The molecule has 0 aliphatic heterocycles. The lowest BCUT2D eigenvalue weighted by atomic mass is 10.0. The van der Waals surface area contributed by atoms with Gasteiger partial charge >= 0.3 is 12.0 Å². The van der Waals surface area contributed by atoms with E-state index in [4.69, 9.17) is 4.52 Å². The van der Waals surface area contributed by atoms with Gasteiger partial charge in [0.2, 0.25) is 5.76 Å². The predicted molar refractivity (Wildman–Crippen MR) is 119 cm³/mol. The molecule has 1 aromatic heterocycles. The number of halogens is 3. The van der Waals surface area contributed by atoms with Crippen LogP contribution in [0.2, 0.25) is 0 Å². The third kappa shape index (κ3) is 6.16. The van der Waals surface area contributed by atoms with Crippen molar-refractivity contribution in [2.75, 3.05) is 17.7 Å². The first kappa shape index (κ1) is 25.3. The zero-order valence-corrected chi connectivity index (χ0v) is 18.8. The molecule has 0 spiro atoms. The minimum Gasteiger partial charge on any atom is -0.467 e. The van der Waals surface area contributed by atoms with Crippen LogP contribution in [0.5, 0.6) is 0 Å². The summed E-state index contributed by atoms with van der Waals surface area (Å²) in [6, 6.07) is 5.63. The number of carbonyl (C=O) groups excluding carboxylic acids is 3. The van der Waals surface area contributed by atoms with E-state index in [0.717, 1.165) is 18.2 Å². The van der Waals surface area contributed by atoms with Gasteiger partial charge in [0.1, 0.15) is 29.2 Å². The van der Waals surface area contributed by atoms with Crippen LogP contribution in [-0.2, 0) is 9.53 Å². The van der Waals surface area contributed by atoms with E-state index in [0.29, 0.717) is 6.07 Å². The highest BCUT2D eigenvalue weighted by Crippen LogP contribution is 2.25. The molecule has 3 rings (SSSR count). The minimum atomic E-state index is -0.973. The summed E-state index contributed by atoms with van der Waals surface area (Å²) in [5.74, 6) is -4.46. The number of nitrogens with zero attached hydrogens (tertiary/aromatic N) is 1. The molecule has 0 radical (unpaired) electrons. The maximum absolute atomic E-state index is 14.7. The Morgan fingerprint density at radius 2 is 1.71 bits per heavy atom. The summed E-state index contributed by atoms with van der Waals surface area (Å²) in [6.07, 6.45) is 0. The molecule has 1 unspecified atom stereocenters. The number of amides is 3. The predicted octanol–water partition coefficient (Wildman–Crippen LogP) is 4.33. The van der Waals surface area contributed by atoms with Gasteiger partial charge in [0, 0.05) is 23.4 Å². The average molecular weight is 490 g/mol. The van der Waals surface area contributed by atoms with Crippen LogP contribution in [-0.4, -0.2) is 36.2 Å². The molecule has 3 amide bonds. The van der Waals surface area contributed by atoms with E-state index in [1.807, 2.05) is 0 Å². The van der Waals surface area contributed by atoms with Crippen LogP contribution >= 0.6 is 0 Å². The Labute approximate surface area is 197 Å². The molecule has 0 bridgehead atoms. The van der Waals surface area contributed by atoms with Crippen molar-refractivity contribution in [3.63, 3.8) is 0 Å². The first-order chi connectivity index (χ1) is 16.6. The van der Waals surface area contributed by atoms with Crippen molar-refractivity contribution in [2.45, 2.75) is 19.9 Å². The minimum absolute atomic E-state index is 0.00352. The molecular weight excluding hydrogens is 469 g/mol. The number of carbonyl (C=O) groups is 3. The molecule has 184 valence electrons. The third-order valence-electron chi connectivity index (χ3n) is 4.82. The van der Waals surface area contributed by atoms with E-state index in [1.54, 1.807) is 13.8 Å². The number of hydrogen-bond acceptors (Lipinski definition) is 6. The molecule has 0 saturated heterocycles. The van der Waals surface area contributed by atoms with Crippen LogP contribution in [0.1, 0.15) is 24.4 Å². The molecule has 0 saturated carbocycles. The molecule has 9 nitrogen and oxygen atoms in total. The Hall–Kier alpha value is -4.35. The lowest BCUT2D eigenvalue weighted by Crippen LogP contribution is -2.44. The van der Waals surface area contributed by atoms with Gasteiger partial charge in [-0.3, -0.25) is 4.79 Å². The number of benzene rings is 2. The maximum Gasteiger partial charge on any atom is 0.328 e. The quantitative estimate of drug-likeness (QED) is 0.424. The standard InChI is InChI=1S/C23H21F3N4O5/c1-11(2)20(22(32)34-3)29-21(31)19-10-18(30-35-19)14-6-5-13(9-15(14)25)27-23(33)28-17-7-4-12(24)8-16(17)26/h4-11,20H,1-3H3,(H,29,31)(H2,27,28,33). The Bertz CT molecular complexity index is 1260. The number of nitrogens with one attached hydrogen (secondary N) is 3.